The standard InChI is InChI=1S/C24H29N3O3/c1-15(24(28)27-16-11-12-16)25-13-20(18-8-6-10-22(29-2)23(18)30-3)19-14-26-21-9-5-4-7-17(19)21/h4-10,14-16,20,25-26H,11-13H2,1-3H3,(H,27,28)/p+1/t15-,20-/m1/s1. The van der Waals surface area contributed by atoms with Crippen molar-refractivity contribution in [3.8, 4) is 11.5 Å². The summed E-state index contributed by atoms with van der Waals surface area (Å²) < 4.78 is 11.3. The fourth-order valence-electron chi connectivity index (χ4n) is 4.00. The number of carbonyl (C=O) groups excluding carboxylic acids is 1. The lowest BCUT2D eigenvalue weighted by Gasteiger charge is -2.21. The molecule has 1 amide bonds. The van der Waals surface area contributed by atoms with Gasteiger partial charge in [-0.2, -0.15) is 0 Å². The Kier molecular flexibility index (Phi) is 5.95. The fourth-order valence-corrected chi connectivity index (χ4v) is 4.00. The van der Waals surface area contributed by atoms with Crippen LogP contribution in [0.15, 0.2) is 48.7 Å². The van der Waals surface area contributed by atoms with Gasteiger partial charge in [-0.15, -0.1) is 0 Å². The first-order valence-corrected chi connectivity index (χ1v) is 10.5. The first kappa shape index (κ1) is 20.3. The number of benzene rings is 2. The molecule has 2 atom stereocenters. The van der Waals surface area contributed by atoms with E-state index in [9.17, 15) is 4.79 Å². The number of fused-ring (bicyclic) bond motifs is 1. The van der Waals surface area contributed by atoms with Gasteiger partial charge in [0.15, 0.2) is 17.5 Å². The van der Waals surface area contributed by atoms with E-state index in [0.717, 1.165) is 29.7 Å². The van der Waals surface area contributed by atoms with Crippen LogP contribution in [0, 0.1) is 0 Å². The molecule has 158 valence electrons. The van der Waals surface area contributed by atoms with E-state index >= 15 is 0 Å². The Labute approximate surface area is 177 Å². The first-order chi connectivity index (χ1) is 14.6. The topological polar surface area (TPSA) is 80.0 Å². The van der Waals surface area contributed by atoms with Crippen LogP contribution >= 0.6 is 0 Å². The number of para-hydroxylation sites is 2. The zero-order chi connectivity index (χ0) is 21.1. The van der Waals surface area contributed by atoms with Gasteiger partial charge in [0.2, 0.25) is 0 Å². The van der Waals surface area contributed by atoms with Crippen molar-refractivity contribution in [2.24, 2.45) is 0 Å². The predicted octanol–water partition coefficient (Wildman–Crippen LogP) is 2.55. The van der Waals surface area contributed by atoms with E-state index in [1.807, 2.05) is 25.1 Å². The lowest BCUT2D eigenvalue weighted by atomic mass is 9.89. The van der Waals surface area contributed by atoms with Crippen molar-refractivity contribution in [1.29, 1.82) is 0 Å². The Morgan fingerprint density at radius 1 is 1.13 bits per heavy atom. The van der Waals surface area contributed by atoms with E-state index < -0.39 is 0 Å². The molecule has 0 bridgehead atoms. The number of nitrogens with two attached hydrogens (primary N) is 1. The highest BCUT2D eigenvalue weighted by molar-refractivity contribution is 5.84. The number of hydrogen-bond donors (Lipinski definition) is 3. The highest BCUT2D eigenvalue weighted by atomic mass is 16.5. The summed E-state index contributed by atoms with van der Waals surface area (Å²) in [5.41, 5.74) is 3.33. The van der Waals surface area contributed by atoms with Crippen molar-refractivity contribution in [2.45, 2.75) is 37.8 Å². The number of nitrogens with one attached hydrogen (secondary N) is 2. The van der Waals surface area contributed by atoms with Crippen molar-refractivity contribution >= 4 is 16.8 Å². The number of aromatic amines is 1. The van der Waals surface area contributed by atoms with Crippen LogP contribution in [-0.4, -0.2) is 43.7 Å². The molecule has 1 aromatic heterocycles. The maximum atomic E-state index is 12.5. The summed E-state index contributed by atoms with van der Waals surface area (Å²) in [6, 6.07) is 14.5. The normalized spacial score (nSPS) is 15.6. The molecule has 1 fully saturated rings. The van der Waals surface area contributed by atoms with E-state index in [1.54, 1.807) is 14.2 Å². The minimum Gasteiger partial charge on any atom is -0.493 e. The number of H-pyrrole nitrogens is 1. The minimum atomic E-state index is -0.157. The zero-order valence-electron chi connectivity index (χ0n) is 17.8. The molecular weight excluding hydrogens is 378 g/mol. The van der Waals surface area contributed by atoms with Gasteiger partial charge >= 0.3 is 0 Å². The van der Waals surface area contributed by atoms with Gasteiger partial charge in [-0.25, -0.2) is 0 Å². The van der Waals surface area contributed by atoms with Crippen LogP contribution in [0.1, 0.15) is 36.8 Å². The highest BCUT2D eigenvalue weighted by Crippen LogP contribution is 2.39. The van der Waals surface area contributed by atoms with Crippen molar-refractivity contribution in [2.75, 3.05) is 20.8 Å². The Bertz CT molecular complexity index is 1030. The molecule has 0 aliphatic heterocycles. The van der Waals surface area contributed by atoms with Gasteiger partial charge in [0, 0.05) is 28.7 Å². The molecule has 0 radical (unpaired) electrons. The summed E-state index contributed by atoms with van der Waals surface area (Å²) in [5.74, 6) is 1.58. The van der Waals surface area contributed by atoms with Gasteiger partial charge in [-0.05, 0) is 37.5 Å². The summed E-state index contributed by atoms with van der Waals surface area (Å²) in [6.07, 6.45) is 4.26. The summed E-state index contributed by atoms with van der Waals surface area (Å²) in [5, 5.41) is 6.39. The quantitative estimate of drug-likeness (QED) is 0.509. The van der Waals surface area contributed by atoms with Crippen LogP contribution in [0.2, 0.25) is 0 Å². The van der Waals surface area contributed by atoms with E-state index in [2.05, 4.69) is 46.1 Å². The number of rotatable bonds is 9. The van der Waals surface area contributed by atoms with E-state index in [-0.39, 0.29) is 17.9 Å². The van der Waals surface area contributed by atoms with Crippen LogP contribution in [0.4, 0.5) is 0 Å². The molecule has 2 aromatic carbocycles. The number of hydrogen-bond acceptors (Lipinski definition) is 3. The Balaban J connectivity index is 1.67. The summed E-state index contributed by atoms with van der Waals surface area (Å²) in [4.78, 5) is 15.9. The molecule has 30 heavy (non-hydrogen) atoms. The molecule has 0 spiro atoms. The van der Waals surface area contributed by atoms with Gasteiger partial charge in [0.05, 0.1) is 26.7 Å². The van der Waals surface area contributed by atoms with Crippen molar-refractivity contribution in [3.63, 3.8) is 0 Å². The van der Waals surface area contributed by atoms with Crippen molar-refractivity contribution < 1.29 is 19.6 Å². The smallest absolute Gasteiger partial charge is 0.278 e. The van der Waals surface area contributed by atoms with Crippen LogP contribution in [0.3, 0.4) is 0 Å². The van der Waals surface area contributed by atoms with E-state index in [0.29, 0.717) is 18.3 Å². The number of aromatic nitrogens is 1. The molecule has 6 nitrogen and oxygen atoms in total. The average molecular weight is 409 g/mol. The third-order valence-corrected chi connectivity index (χ3v) is 5.87. The van der Waals surface area contributed by atoms with Crippen LogP contribution < -0.4 is 20.1 Å². The maximum absolute atomic E-state index is 12.5. The summed E-state index contributed by atoms with van der Waals surface area (Å²) in [7, 11) is 3.32. The molecule has 3 aromatic rings. The lowest BCUT2D eigenvalue weighted by molar-refractivity contribution is -0.674. The molecule has 1 saturated carbocycles. The van der Waals surface area contributed by atoms with Gasteiger partial charge in [0.25, 0.3) is 5.91 Å². The second kappa shape index (κ2) is 8.79. The zero-order valence-corrected chi connectivity index (χ0v) is 17.8. The van der Waals surface area contributed by atoms with Gasteiger partial charge in [-0.3, -0.25) is 4.79 Å². The molecule has 0 saturated heterocycles. The largest absolute Gasteiger partial charge is 0.493 e. The molecule has 1 aliphatic rings. The molecule has 0 unspecified atom stereocenters. The number of ether oxygens (including phenoxy) is 2. The van der Waals surface area contributed by atoms with Crippen LogP contribution in [-0.2, 0) is 4.79 Å². The third-order valence-electron chi connectivity index (χ3n) is 5.87. The van der Waals surface area contributed by atoms with Gasteiger partial charge in [0.1, 0.15) is 0 Å². The molecule has 1 aliphatic carbocycles. The molecule has 4 N–H and O–H groups in total. The lowest BCUT2D eigenvalue weighted by Crippen LogP contribution is -2.92. The number of methoxy groups -OCH3 is 2. The Morgan fingerprint density at radius 2 is 1.93 bits per heavy atom. The maximum Gasteiger partial charge on any atom is 0.278 e. The summed E-state index contributed by atoms with van der Waals surface area (Å²) in [6.45, 7) is 2.68. The third kappa shape index (κ3) is 4.14. The van der Waals surface area contributed by atoms with Gasteiger partial charge < -0.3 is 25.1 Å². The van der Waals surface area contributed by atoms with Gasteiger partial charge in [-0.1, -0.05) is 30.3 Å². The van der Waals surface area contributed by atoms with Crippen molar-refractivity contribution in [3.05, 3.63) is 59.8 Å². The number of quaternary nitrogens is 1. The molecular formula is C24H30N3O3+. The van der Waals surface area contributed by atoms with E-state index in [1.165, 1.54) is 10.9 Å². The number of amides is 1. The van der Waals surface area contributed by atoms with Crippen LogP contribution in [0.5, 0.6) is 11.5 Å². The number of carbonyl (C=O) groups is 1. The molecule has 1 heterocycles. The van der Waals surface area contributed by atoms with Crippen LogP contribution in [0.25, 0.3) is 10.9 Å². The summed E-state index contributed by atoms with van der Waals surface area (Å²) >= 11 is 0. The SMILES string of the molecule is COc1cccc([C@@H](C[NH2+][C@H](C)C(=O)NC2CC2)c2c[nH]c3ccccc23)c1OC. The average Bonchev–Trinajstić information content (AvgIpc) is 3.49. The molecule has 6 heteroatoms. The Morgan fingerprint density at radius 3 is 2.67 bits per heavy atom. The van der Waals surface area contributed by atoms with Crippen molar-refractivity contribution in [1.82, 2.24) is 10.3 Å². The highest BCUT2D eigenvalue weighted by Gasteiger charge is 2.29. The fraction of sp³-hybridized carbons (Fsp3) is 0.375. The molecule has 4 rings (SSSR count). The van der Waals surface area contributed by atoms with E-state index in [4.69, 9.17) is 9.47 Å². The first-order valence-electron chi connectivity index (χ1n) is 10.5. The Hall–Kier alpha value is -2.99. The monoisotopic (exact) mass is 408 g/mol. The second-order valence-electron chi connectivity index (χ2n) is 7.97. The second-order valence-corrected chi connectivity index (χ2v) is 7.97. The minimum absolute atomic E-state index is 0.0300. The predicted molar refractivity (Wildman–Crippen MR) is 117 cm³/mol.